The Morgan fingerprint density at radius 3 is 2.77 bits per heavy atom. The Hall–Kier alpha value is -2.61. The molecule has 0 N–H and O–H groups in total. The van der Waals surface area contributed by atoms with Crippen LogP contribution in [0, 0.1) is 0 Å². The topological polar surface area (TPSA) is 58.6 Å². The van der Waals surface area contributed by atoms with Crippen molar-refractivity contribution >= 4 is 17.2 Å². The summed E-state index contributed by atoms with van der Waals surface area (Å²) >= 11 is 1.70. The van der Waals surface area contributed by atoms with Crippen molar-refractivity contribution < 1.29 is 9.53 Å². The second-order valence-corrected chi connectivity index (χ2v) is 8.74. The van der Waals surface area contributed by atoms with E-state index in [2.05, 4.69) is 37.8 Å². The summed E-state index contributed by atoms with van der Waals surface area (Å²) in [6.07, 6.45) is 7.19. The van der Waals surface area contributed by atoms with Crippen LogP contribution in [0.1, 0.15) is 22.6 Å². The Kier molecular flexibility index (Phi) is 5.33. The van der Waals surface area contributed by atoms with Gasteiger partial charge in [-0.05, 0) is 51.7 Å². The van der Waals surface area contributed by atoms with Gasteiger partial charge in [0, 0.05) is 63.4 Å². The predicted octanol–water partition coefficient (Wildman–Crippen LogP) is 2.94. The number of ether oxygens (including phenoxy) is 1. The molecule has 154 valence electrons. The first-order valence-electron chi connectivity index (χ1n) is 10.2. The predicted molar refractivity (Wildman–Crippen MR) is 115 cm³/mol. The number of pyridine rings is 2. The SMILES string of the molecule is O=C1N(Cc2ccncc2)CCO[C@@]12CN(Cc1ccsc1)C[C@@H]2c1cccnc1. The van der Waals surface area contributed by atoms with Crippen molar-refractivity contribution in [2.45, 2.75) is 24.6 Å². The van der Waals surface area contributed by atoms with Crippen LogP contribution in [0.5, 0.6) is 0 Å². The van der Waals surface area contributed by atoms with Crippen LogP contribution in [0.3, 0.4) is 0 Å². The monoisotopic (exact) mass is 420 g/mol. The van der Waals surface area contributed by atoms with Crippen LogP contribution >= 0.6 is 11.3 Å². The summed E-state index contributed by atoms with van der Waals surface area (Å²) in [7, 11) is 0. The van der Waals surface area contributed by atoms with Crippen molar-refractivity contribution in [2.75, 3.05) is 26.2 Å². The molecule has 30 heavy (non-hydrogen) atoms. The zero-order chi connectivity index (χ0) is 20.4. The van der Waals surface area contributed by atoms with Gasteiger partial charge in [0.05, 0.1) is 6.61 Å². The van der Waals surface area contributed by atoms with Gasteiger partial charge in [0.15, 0.2) is 5.60 Å². The summed E-state index contributed by atoms with van der Waals surface area (Å²) in [6.45, 7) is 3.91. The highest BCUT2D eigenvalue weighted by molar-refractivity contribution is 7.07. The van der Waals surface area contributed by atoms with Crippen LogP contribution in [-0.4, -0.2) is 57.5 Å². The first-order valence-corrected chi connectivity index (χ1v) is 11.1. The number of carbonyl (C=O) groups excluding carboxylic acids is 1. The first kappa shape index (κ1) is 19.4. The number of likely N-dealkylation sites (tertiary alicyclic amines) is 1. The molecule has 0 radical (unpaired) electrons. The van der Waals surface area contributed by atoms with Gasteiger partial charge in [0.1, 0.15) is 0 Å². The van der Waals surface area contributed by atoms with E-state index in [0.717, 1.165) is 24.2 Å². The number of hydrogen-bond acceptors (Lipinski definition) is 6. The summed E-state index contributed by atoms with van der Waals surface area (Å²) in [4.78, 5) is 26.5. The van der Waals surface area contributed by atoms with Crippen molar-refractivity contribution in [3.8, 4) is 0 Å². The Morgan fingerprint density at radius 1 is 1.10 bits per heavy atom. The molecule has 5 rings (SSSR count). The number of aromatic nitrogens is 2. The van der Waals surface area contributed by atoms with Crippen LogP contribution in [0.4, 0.5) is 0 Å². The highest BCUT2D eigenvalue weighted by atomic mass is 32.1. The minimum absolute atomic E-state index is 0.0439. The molecule has 2 aliphatic rings. The largest absolute Gasteiger partial charge is 0.361 e. The van der Waals surface area contributed by atoms with Gasteiger partial charge in [-0.3, -0.25) is 19.7 Å². The average molecular weight is 421 g/mol. The Balaban J connectivity index is 1.45. The molecule has 0 saturated carbocycles. The fraction of sp³-hybridized carbons (Fsp3) is 0.348. The van der Waals surface area contributed by atoms with E-state index in [0.29, 0.717) is 26.2 Å². The van der Waals surface area contributed by atoms with Crippen molar-refractivity contribution in [3.05, 3.63) is 82.6 Å². The van der Waals surface area contributed by atoms with Gasteiger partial charge in [-0.1, -0.05) is 6.07 Å². The molecule has 0 unspecified atom stereocenters. The third-order valence-electron chi connectivity index (χ3n) is 6.03. The Morgan fingerprint density at radius 2 is 2.00 bits per heavy atom. The number of nitrogens with zero attached hydrogens (tertiary/aromatic N) is 4. The van der Waals surface area contributed by atoms with Crippen LogP contribution < -0.4 is 0 Å². The molecule has 7 heteroatoms. The lowest BCUT2D eigenvalue weighted by molar-refractivity contribution is -0.173. The minimum atomic E-state index is -0.871. The molecular formula is C23H24N4O2S. The van der Waals surface area contributed by atoms with E-state index >= 15 is 0 Å². The molecule has 6 nitrogen and oxygen atoms in total. The number of morpholine rings is 1. The van der Waals surface area contributed by atoms with E-state index in [1.165, 1.54) is 5.56 Å². The van der Waals surface area contributed by atoms with Gasteiger partial charge in [-0.15, -0.1) is 0 Å². The number of hydrogen-bond donors (Lipinski definition) is 0. The normalized spacial score (nSPS) is 24.6. The van der Waals surface area contributed by atoms with E-state index in [1.54, 1.807) is 29.9 Å². The first-order chi connectivity index (χ1) is 14.7. The standard InChI is InChI=1S/C23H24N4O2S/c28-22-23(29-10-9-27(22)14-18-3-7-24-8-4-18)17-26(13-19-5-11-30-16-19)15-21(23)20-2-1-6-25-12-20/h1-8,11-12,16,21H,9-10,13-15,17H2/t21-,23-/m1/s1. The van der Waals surface area contributed by atoms with Crippen molar-refractivity contribution in [1.29, 1.82) is 0 Å². The lowest BCUT2D eigenvalue weighted by Crippen LogP contribution is -2.59. The molecule has 0 aromatic carbocycles. The number of carbonyl (C=O) groups is 1. The molecule has 2 aliphatic heterocycles. The van der Waals surface area contributed by atoms with Gasteiger partial charge < -0.3 is 9.64 Å². The summed E-state index contributed by atoms with van der Waals surface area (Å²) in [5.41, 5.74) is 2.55. The van der Waals surface area contributed by atoms with E-state index in [1.807, 2.05) is 29.3 Å². The molecule has 5 heterocycles. The van der Waals surface area contributed by atoms with E-state index < -0.39 is 5.60 Å². The summed E-state index contributed by atoms with van der Waals surface area (Å²) in [6, 6.07) is 10.1. The molecule has 1 spiro atoms. The molecule has 2 fully saturated rings. The fourth-order valence-electron chi connectivity index (χ4n) is 4.62. The molecular weight excluding hydrogens is 396 g/mol. The maximum atomic E-state index is 13.8. The van der Waals surface area contributed by atoms with E-state index in [4.69, 9.17) is 4.74 Å². The maximum absolute atomic E-state index is 13.8. The molecule has 2 saturated heterocycles. The van der Waals surface area contributed by atoms with E-state index in [9.17, 15) is 4.79 Å². The zero-order valence-electron chi connectivity index (χ0n) is 16.7. The molecule has 0 aliphatic carbocycles. The van der Waals surface area contributed by atoms with Crippen LogP contribution in [0.2, 0.25) is 0 Å². The minimum Gasteiger partial charge on any atom is -0.361 e. The number of amides is 1. The van der Waals surface area contributed by atoms with Gasteiger partial charge in [0.2, 0.25) is 0 Å². The van der Waals surface area contributed by atoms with Crippen molar-refractivity contribution in [2.24, 2.45) is 0 Å². The van der Waals surface area contributed by atoms with Crippen LogP contribution in [0.25, 0.3) is 0 Å². The molecule has 0 bridgehead atoms. The molecule has 3 aromatic heterocycles. The number of thiophene rings is 1. The third kappa shape index (κ3) is 3.64. The molecule has 3 aromatic rings. The highest BCUT2D eigenvalue weighted by Crippen LogP contribution is 2.42. The summed E-state index contributed by atoms with van der Waals surface area (Å²) in [5.74, 6) is 0.0322. The quantitative estimate of drug-likeness (QED) is 0.635. The lowest BCUT2D eigenvalue weighted by Gasteiger charge is -2.42. The zero-order valence-corrected chi connectivity index (χ0v) is 17.5. The maximum Gasteiger partial charge on any atom is 0.257 e. The van der Waals surface area contributed by atoms with Crippen LogP contribution in [0.15, 0.2) is 65.9 Å². The van der Waals surface area contributed by atoms with Gasteiger partial charge in [-0.2, -0.15) is 11.3 Å². The third-order valence-corrected chi connectivity index (χ3v) is 6.76. The Labute approximate surface area is 180 Å². The second-order valence-electron chi connectivity index (χ2n) is 7.96. The van der Waals surface area contributed by atoms with E-state index in [-0.39, 0.29) is 11.8 Å². The van der Waals surface area contributed by atoms with Gasteiger partial charge in [0.25, 0.3) is 5.91 Å². The highest BCUT2D eigenvalue weighted by Gasteiger charge is 2.56. The molecule has 2 atom stereocenters. The van der Waals surface area contributed by atoms with Crippen molar-refractivity contribution in [1.82, 2.24) is 19.8 Å². The fourth-order valence-corrected chi connectivity index (χ4v) is 5.28. The number of rotatable bonds is 5. The van der Waals surface area contributed by atoms with Crippen molar-refractivity contribution in [3.63, 3.8) is 0 Å². The average Bonchev–Trinajstić information content (AvgIpc) is 3.42. The second kappa shape index (κ2) is 8.26. The Bertz CT molecular complexity index is 983. The summed E-state index contributed by atoms with van der Waals surface area (Å²) in [5, 5.41) is 4.27. The lowest BCUT2D eigenvalue weighted by atomic mass is 9.83. The molecule has 1 amide bonds. The van der Waals surface area contributed by atoms with Gasteiger partial charge in [-0.25, -0.2) is 0 Å². The van der Waals surface area contributed by atoms with Gasteiger partial charge >= 0.3 is 0 Å². The summed E-state index contributed by atoms with van der Waals surface area (Å²) < 4.78 is 6.35. The smallest absolute Gasteiger partial charge is 0.257 e. The van der Waals surface area contributed by atoms with Crippen LogP contribution in [-0.2, 0) is 22.6 Å².